The van der Waals surface area contributed by atoms with Gasteiger partial charge in [0.2, 0.25) is 5.75 Å². The van der Waals surface area contributed by atoms with Crippen LogP contribution in [0.25, 0.3) is 11.1 Å². The maximum Gasteiger partial charge on any atom is 0.315 e. The second-order valence-corrected chi connectivity index (χ2v) is 8.72. The van der Waals surface area contributed by atoms with Crippen LogP contribution in [0, 0.1) is 5.41 Å². The first-order chi connectivity index (χ1) is 16.3. The molecule has 0 radical (unpaired) electrons. The van der Waals surface area contributed by atoms with E-state index in [-0.39, 0.29) is 36.0 Å². The third kappa shape index (κ3) is 3.83. The van der Waals surface area contributed by atoms with Crippen molar-refractivity contribution in [3.05, 3.63) is 41.5 Å². The Morgan fingerprint density at radius 2 is 1.84 bits per heavy atom. The van der Waals surface area contributed by atoms with Crippen molar-refractivity contribution in [1.29, 1.82) is 0 Å². The van der Waals surface area contributed by atoms with Crippen LogP contribution in [-0.2, 0) is 16.0 Å². The number of fused-ring (bicyclic) bond motifs is 1. The van der Waals surface area contributed by atoms with Gasteiger partial charge in [-0.25, -0.2) is 0 Å². The lowest BCUT2D eigenvalue weighted by Crippen LogP contribution is -2.45. The van der Waals surface area contributed by atoms with Crippen LogP contribution in [0.15, 0.2) is 30.3 Å². The SMILES string of the molecule is [2H]C([2H])Oc1ccc(-c2cccc3c2CCC3=O)c(OCC2(C(=O)OC(C)C)CCC2)c1OC. The average molecular weight is 441 g/mol. The molecular formula is C26H30O6. The van der Waals surface area contributed by atoms with Gasteiger partial charge in [0.1, 0.15) is 12.0 Å². The van der Waals surface area contributed by atoms with Crippen molar-refractivity contribution in [1.82, 2.24) is 0 Å². The van der Waals surface area contributed by atoms with E-state index >= 15 is 0 Å². The second kappa shape index (κ2) is 8.85. The van der Waals surface area contributed by atoms with E-state index in [4.69, 9.17) is 21.7 Å². The topological polar surface area (TPSA) is 71.1 Å². The van der Waals surface area contributed by atoms with Crippen LogP contribution in [0.2, 0.25) is 0 Å². The number of rotatable bonds is 8. The summed E-state index contributed by atoms with van der Waals surface area (Å²) in [6.07, 6.45) is 3.13. The van der Waals surface area contributed by atoms with E-state index in [1.165, 1.54) is 7.11 Å². The molecule has 170 valence electrons. The Hall–Kier alpha value is -3.02. The predicted octanol–water partition coefficient (Wildman–Crippen LogP) is 5.00. The van der Waals surface area contributed by atoms with E-state index in [1.807, 2.05) is 32.0 Å². The zero-order valence-corrected chi connectivity index (χ0v) is 18.7. The molecule has 6 nitrogen and oxygen atoms in total. The molecule has 0 spiro atoms. The number of carbonyl (C=O) groups excluding carboxylic acids is 2. The Kier molecular flexibility index (Phi) is 5.43. The fourth-order valence-electron chi connectivity index (χ4n) is 4.49. The molecule has 0 aliphatic heterocycles. The molecule has 0 amide bonds. The van der Waals surface area contributed by atoms with Gasteiger partial charge in [-0.3, -0.25) is 9.59 Å². The number of ketones is 1. The maximum atomic E-state index is 12.8. The van der Waals surface area contributed by atoms with Gasteiger partial charge in [0, 0.05) is 17.5 Å². The molecule has 0 heterocycles. The van der Waals surface area contributed by atoms with Crippen LogP contribution in [0.5, 0.6) is 17.2 Å². The summed E-state index contributed by atoms with van der Waals surface area (Å²) in [5.74, 6) is 0.646. The number of methoxy groups -OCH3 is 2. The van der Waals surface area contributed by atoms with Crippen LogP contribution in [0.4, 0.5) is 0 Å². The van der Waals surface area contributed by atoms with Gasteiger partial charge in [0.25, 0.3) is 0 Å². The number of carbonyl (C=O) groups is 2. The first-order valence-corrected chi connectivity index (χ1v) is 11.0. The van der Waals surface area contributed by atoms with Crippen molar-refractivity contribution in [3.8, 4) is 28.4 Å². The number of hydrogen-bond donors (Lipinski definition) is 0. The molecule has 2 aliphatic rings. The van der Waals surface area contributed by atoms with Crippen molar-refractivity contribution in [2.45, 2.75) is 52.1 Å². The van der Waals surface area contributed by atoms with E-state index in [2.05, 4.69) is 0 Å². The largest absolute Gasteiger partial charge is 0.493 e. The minimum atomic E-state index is -1.55. The lowest BCUT2D eigenvalue weighted by atomic mass is 9.69. The number of ether oxygens (including phenoxy) is 4. The molecule has 4 rings (SSSR count). The van der Waals surface area contributed by atoms with Gasteiger partial charge in [-0.15, -0.1) is 0 Å². The Morgan fingerprint density at radius 1 is 1.06 bits per heavy atom. The minimum Gasteiger partial charge on any atom is -0.493 e. The molecule has 2 aromatic rings. The van der Waals surface area contributed by atoms with Crippen molar-refractivity contribution in [3.63, 3.8) is 0 Å². The van der Waals surface area contributed by atoms with E-state index in [1.54, 1.807) is 12.1 Å². The molecule has 2 aromatic carbocycles. The number of benzene rings is 2. The fraction of sp³-hybridized carbons (Fsp3) is 0.462. The van der Waals surface area contributed by atoms with Gasteiger partial charge >= 0.3 is 5.97 Å². The molecule has 0 atom stereocenters. The Labute approximate surface area is 191 Å². The van der Waals surface area contributed by atoms with Gasteiger partial charge in [0.05, 0.1) is 23.0 Å². The number of hydrogen-bond acceptors (Lipinski definition) is 6. The second-order valence-electron chi connectivity index (χ2n) is 8.72. The predicted molar refractivity (Wildman–Crippen MR) is 121 cm³/mol. The van der Waals surface area contributed by atoms with Gasteiger partial charge < -0.3 is 18.9 Å². The molecule has 0 N–H and O–H groups in total. The van der Waals surface area contributed by atoms with Crippen molar-refractivity contribution < 1.29 is 31.3 Å². The monoisotopic (exact) mass is 440 g/mol. The smallest absolute Gasteiger partial charge is 0.315 e. The molecule has 0 saturated heterocycles. The maximum absolute atomic E-state index is 12.8. The molecule has 1 fully saturated rings. The van der Waals surface area contributed by atoms with Crippen LogP contribution >= 0.6 is 0 Å². The summed E-state index contributed by atoms with van der Waals surface area (Å²) in [5, 5.41) is 0. The summed E-state index contributed by atoms with van der Waals surface area (Å²) < 4.78 is 37.8. The normalized spacial score (nSPS) is 17.3. The molecular weight excluding hydrogens is 408 g/mol. The van der Waals surface area contributed by atoms with Crippen LogP contribution in [-0.4, -0.2) is 38.6 Å². The highest BCUT2D eigenvalue weighted by molar-refractivity contribution is 6.02. The zero-order valence-electron chi connectivity index (χ0n) is 20.7. The quantitative estimate of drug-likeness (QED) is 0.538. The lowest BCUT2D eigenvalue weighted by Gasteiger charge is -2.39. The Balaban J connectivity index is 1.77. The number of esters is 1. The standard InChI is InChI=1S/C26H30O6/c1-16(2)32-25(28)26(13-6-14-26)15-31-23-20(10-12-22(29-3)24(23)30-4)17-7-5-8-19-18(17)9-11-21(19)27/h5,7-8,10,12,16H,6,9,11,13-15H2,1-4H3/i3D2. The van der Waals surface area contributed by atoms with Crippen molar-refractivity contribution in [2.75, 3.05) is 20.8 Å². The molecule has 0 aromatic heterocycles. The fourth-order valence-corrected chi connectivity index (χ4v) is 4.49. The first-order valence-electron chi connectivity index (χ1n) is 12.1. The third-order valence-corrected chi connectivity index (χ3v) is 6.35. The van der Waals surface area contributed by atoms with Gasteiger partial charge in [-0.1, -0.05) is 24.6 Å². The Bertz CT molecular complexity index is 1090. The van der Waals surface area contributed by atoms with Crippen molar-refractivity contribution >= 4 is 11.8 Å². The summed E-state index contributed by atoms with van der Waals surface area (Å²) in [7, 11) is -0.0857. The summed E-state index contributed by atoms with van der Waals surface area (Å²) in [5.41, 5.74) is 2.48. The van der Waals surface area contributed by atoms with Gasteiger partial charge in [-0.05, 0) is 56.4 Å². The highest BCUT2D eigenvalue weighted by Gasteiger charge is 2.47. The third-order valence-electron chi connectivity index (χ3n) is 6.35. The highest BCUT2D eigenvalue weighted by atomic mass is 16.6. The summed E-state index contributed by atoms with van der Waals surface area (Å²) in [6.45, 7) is 3.75. The molecule has 0 bridgehead atoms. The molecule has 2 aliphatic carbocycles. The Morgan fingerprint density at radius 3 is 2.50 bits per heavy atom. The average Bonchev–Trinajstić information content (AvgIpc) is 3.13. The number of Topliss-reactive ketones (excluding diaryl/α,β-unsaturated/α-hetero) is 1. The molecule has 1 saturated carbocycles. The van der Waals surface area contributed by atoms with E-state index in [9.17, 15) is 9.59 Å². The van der Waals surface area contributed by atoms with Gasteiger partial charge in [-0.2, -0.15) is 0 Å². The summed E-state index contributed by atoms with van der Waals surface area (Å²) >= 11 is 0. The summed E-state index contributed by atoms with van der Waals surface area (Å²) in [6, 6.07) is 9.03. The lowest BCUT2D eigenvalue weighted by molar-refractivity contribution is -0.168. The van der Waals surface area contributed by atoms with Crippen LogP contribution < -0.4 is 14.2 Å². The summed E-state index contributed by atoms with van der Waals surface area (Å²) in [4.78, 5) is 25.2. The van der Waals surface area contributed by atoms with E-state index in [0.29, 0.717) is 42.6 Å². The van der Waals surface area contributed by atoms with Crippen LogP contribution in [0.1, 0.15) is 58.2 Å². The molecule has 32 heavy (non-hydrogen) atoms. The zero-order chi connectivity index (χ0) is 24.5. The van der Waals surface area contributed by atoms with Gasteiger partial charge in [0.15, 0.2) is 17.3 Å². The highest BCUT2D eigenvalue weighted by Crippen LogP contribution is 2.49. The van der Waals surface area contributed by atoms with E-state index in [0.717, 1.165) is 17.5 Å². The molecule has 0 unspecified atom stereocenters. The van der Waals surface area contributed by atoms with E-state index < -0.39 is 12.5 Å². The minimum absolute atomic E-state index is 0.102. The molecule has 6 heteroatoms. The van der Waals surface area contributed by atoms with Crippen molar-refractivity contribution in [2.24, 2.45) is 5.41 Å². The first kappa shape index (κ1) is 19.6. The van der Waals surface area contributed by atoms with Crippen LogP contribution in [0.3, 0.4) is 0 Å².